The molecule has 0 unspecified atom stereocenters. The van der Waals surface area contributed by atoms with E-state index in [0.717, 1.165) is 0 Å². The van der Waals surface area contributed by atoms with Gasteiger partial charge in [0, 0.05) is 17.3 Å². The first-order chi connectivity index (χ1) is 8.02. The predicted octanol–water partition coefficient (Wildman–Crippen LogP) is 2.41. The Morgan fingerprint density at radius 1 is 1.12 bits per heavy atom. The molecule has 0 atom stereocenters. The minimum atomic E-state index is -0.260. The molecule has 0 aliphatic carbocycles. The van der Waals surface area contributed by atoms with Crippen LogP contribution >= 0.6 is 0 Å². The van der Waals surface area contributed by atoms with Crippen LogP contribution in [0, 0.1) is 5.92 Å². The highest BCUT2D eigenvalue weighted by molar-refractivity contribution is 5.99. The van der Waals surface area contributed by atoms with Gasteiger partial charge in [-0.05, 0) is 30.3 Å². The Bertz CT molecular complexity index is 422. The number of anilines is 2. The first-order valence-corrected chi connectivity index (χ1v) is 5.37. The van der Waals surface area contributed by atoms with Gasteiger partial charge in [-0.3, -0.25) is 9.59 Å². The zero-order valence-electron chi connectivity index (χ0n) is 9.99. The Morgan fingerprint density at radius 2 is 1.59 bits per heavy atom. The number of benzene rings is 1. The fraction of sp³-hybridized carbons (Fsp3) is 0.231. The summed E-state index contributed by atoms with van der Waals surface area (Å²) in [6.07, 6.45) is 1.20. The molecule has 0 radical (unpaired) electrons. The lowest BCUT2D eigenvalue weighted by atomic mass is 10.2. The minimum Gasteiger partial charge on any atom is -0.326 e. The van der Waals surface area contributed by atoms with Gasteiger partial charge in [-0.1, -0.05) is 20.4 Å². The molecule has 4 nitrogen and oxygen atoms in total. The van der Waals surface area contributed by atoms with Crippen LogP contribution in [0.2, 0.25) is 0 Å². The van der Waals surface area contributed by atoms with E-state index in [1.165, 1.54) is 6.08 Å². The summed E-state index contributed by atoms with van der Waals surface area (Å²) >= 11 is 0. The molecular weight excluding hydrogens is 216 g/mol. The SMILES string of the molecule is C=CC(=O)Nc1ccc(NC(=O)C(C)C)cc1. The van der Waals surface area contributed by atoms with Crippen molar-refractivity contribution in [2.24, 2.45) is 5.92 Å². The molecule has 90 valence electrons. The number of hydrogen-bond donors (Lipinski definition) is 2. The fourth-order valence-electron chi connectivity index (χ4n) is 1.12. The van der Waals surface area contributed by atoms with Gasteiger partial charge in [0.25, 0.3) is 0 Å². The van der Waals surface area contributed by atoms with Gasteiger partial charge in [-0.25, -0.2) is 0 Å². The maximum absolute atomic E-state index is 11.4. The summed E-state index contributed by atoms with van der Waals surface area (Å²) < 4.78 is 0. The molecule has 17 heavy (non-hydrogen) atoms. The molecule has 1 rings (SSSR count). The average molecular weight is 232 g/mol. The highest BCUT2D eigenvalue weighted by atomic mass is 16.2. The summed E-state index contributed by atoms with van der Waals surface area (Å²) in [6, 6.07) is 6.91. The van der Waals surface area contributed by atoms with Gasteiger partial charge in [0.2, 0.25) is 11.8 Å². The van der Waals surface area contributed by atoms with Crippen LogP contribution in [0.25, 0.3) is 0 Å². The normalized spacial score (nSPS) is 9.82. The summed E-state index contributed by atoms with van der Waals surface area (Å²) in [5.74, 6) is -0.355. The Morgan fingerprint density at radius 3 is 2.00 bits per heavy atom. The molecule has 0 aromatic heterocycles. The third-order valence-corrected chi connectivity index (χ3v) is 2.13. The predicted molar refractivity (Wildman–Crippen MR) is 68.7 cm³/mol. The maximum Gasteiger partial charge on any atom is 0.247 e. The number of hydrogen-bond acceptors (Lipinski definition) is 2. The van der Waals surface area contributed by atoms with Gasteiger partial charge in [-0.15, -0.1) is 0 Å². The van der Waals surface area contributed by atoms with Crippen LogP contribution < -0.4 is 10.6 Å². The maximum atomic E-state index is 11.4. The summed E-state index contributed by atoms with van der Waals surface area (Å²) in [6.45, 7) is 7.02. The van der Waals surface area contributed by atoms with E-state index in [2.05, 4.69) is 17.2 Å². The molecule has 0 fully saturated rings. The second-order valence-electron chi connectivity index (χ2n) is 3.91. The third-order valence-electron chi connectivity index (χ3n) is 2.13. The van der Waals surface area contributed by atoms with Gasteiger partial charge < -0.3 is 10.6 Å². The molecule has 0 spiro atoms. The van der Waals surface area contributed by atoms with E-state index in [1.54, 1.807) is 24.3 Å². The third kappa shape index (κ3) is 4.10. The largest absolute Gasteiger partial charge is 0.326 e. The molecule has 0 bridgehead atoms. The first kappa shape index (κ1) is 13.0. The number of amides is 2. The van der Waals surface area contributed by atoms with Crippen molar-refractivity contribution in [3.63, 3.8) is 0 Å². The Kier molecular flexibility index (Phi) is 4.46. The molecule has 0 heterocycles. The van der Waals surface area contributed by atoms with Crippen LogP contribution in [-0.4, -0.2) is 11.8 Å². The molecule has 0 saturated heterocycles. The zero-order valence-corrected chi connectivity index (χ0v) is 9.99. The smallest absolute Gasteiger partial charge is 0.247 e. The Balaban J connectivity index is 2.65. The second kappa shape index (κ2) is 5.84. The fourth-order valence-corrected chi connectivity index (χ4v) is 1.12. The lowest BCUT2D eigenvalue weighted by Crippen LogP contribution is -2.17. The van der Waals surface area contributed by atoms with E-state index >= 15 is 0 Å². The Labute approximate surface area is 101 Å². The van der Waals surface area contributed by atoms with Crippen LogP contribution in [0.5, 0.6) is 0 Å². The summed E-state index contributed by atoms with van der Waals surface area (Å²) in [7, 11) is 0. The monoisotopic (exact) mass is 232 g/mol. The van der Waals surface area contributed by atoms with Crippen LogP contribution in [0.15, 0.2) is 36.9 Å². The molecule has 0 aliphatic rings. The molecule has 1 aromatic rings. The molecule has 2 N–H and O–H groups in total. The standard InChI is InChI=1S/C13H16N2O2/c1-4-12(16)14-10-5-7-11(8-6-10)15-13(17)9(2)3/h4-9H,1H2,2-3H3,(H,14,16)(H,15,17). The summed E-state index contributed by atoms with van der Waals surface area (Å²) in [5, 5.41) is 5.39. The lowest BCUT2D eigenvalue weighted by molar-refractivity contribution is -0.119. The zero-order chi connectivity index (χ0) is 12.8. The van der Waals surface area contributed by atoms with E-state index in [1.807, 2.05) is 13.8 Å². The van der Waals surface area contributed by atoms with Crippen LogP contribution in [0.1, 0.15) is 13.8 Å². The molecule has 0 aliphatic heterocycles. The number of carbonyl (C=O) groups excluding carboxylic acids is 2. The number of carbonyl (C=O) groups is 2. The van der Waals surface area contributed by atoms with E-state index in [0.29, 0.717) is 11.4 Å². The Hall–Kier alpha value is -2.10. The van der Waals surface area contributed by atoms with E-state index in [9.17, 15) is 9.59 Å². The van der Waals surface area contributed by atoms with Crippen molar-refractivity contribution < 1.29 is 9.59 Å². The van der Waals surface area contributed by atoms with E-state index < -0.39 is 0 Å². The van der Waals surface area contributed by atoms with Crippen molar-refractivity contribution in [1.29, 1.82) is 0 Å². The lowest BCUT2D eigenvalue weighted by Gasteiger charge is -2.08. The highest BCUT2D eigenvalue weighted by Crippen LogP contribution is 2.14. The van der Waals surface area contributed by atoms with Crippen molar-refractivity contribution in [3.05, 3.63) is 36.9 Å². The van der Waals surface area contributed by atoms with Crippen molar-refractivity contribution in [1.82, 2.24) is 0 Å². The van der Waals surface area contributed by atoms with Crippen molar-refractivity contribution in [3.8, 4) is 0 Å². The highest BCUT2D eigenvalue weighted by Gasteiger charge is 2.06. The number of nitrogens with one attached hydrogen (secondary N) is 2. The van der Waals surface area contributed by atoms with Crippen LogP contribution in [0.4, 0.5) is 11.4 Å². The topological polar surface area (TPSA) is 58.2 Å². The van der Waals surface area contributed by atoms with Gasteiger partial charge in [0.1, 0.15) is 0 Å². The summed E-state index contributed by atoms with van der Waals surface area (Å²) in [5.41, 5.74) is 1.37. The molecule has 0 saturated carbocycles. The summed E-state index contributed by atoms with van der Waals surface area (Å²) in [4.78, 5) is 22.5. The van der Waals surface area contributed by atoms with Crippen molar-refractivity contribution in [2.75, 3.05) is 10.6 Å². The average Bonchev–Trinajstić information content (AvgIpc) is 2.31. The molecule has 2 amide bonds. The second-order valence-corrected chi connectivity index (χ2v) is 3.91. The minimum absolute atomic E-state index is 0.0344. The van der Waals surface area contributed by atoms with E-state index in [-0.39, 0.29) is 17.7 Å². The van der Waals surface area contributed by atoms with Gasteiger partial charge >= 0.3 is 0 Å². The van der Waals surface area contributed by atoms with Crippen molar-refractivity contribution >= 4 is 23.2 Å². The molecule has 1 aromatic carbocycles. The van der Waals surface area contributed by atoms with Crippen LogP contribution in [0.3, 0.4) is 0 Å². The van der Waals surface area contributed by atoms with Crippen LogP contribution in [-0.2, 0) is 9.59 Å². The van der Waals surface area contributed by atoms with Gasteiger partial charge in [0.15, 0.2) is 0 Å². The number of rotatable bonds is 4. The first-order valence-electron chi connectivity index (χ1n) is 5.37. The quantitative estimate of drug-likeness (QED) is 0.783. The van der Waals surface area contributed by atoms with Gasteiger partial charge in [-0.2, -0.15) is 0 Å². The van der Waals surface area contributed by atoms with Crippen molar-refractivity contribution in [2.45, 2.75) is 13.8 Å². The molecular formula is C13H16N2O2. The van der Waals surface area contributed by atoms with Gasteiger partial charge in [0.05, 0.1) is 0 Å². The van der Waals surface area contributed by atoms with E-state index in [4.69, 9.17) is 0 Å². The molecule has 4 heteroatoms.